The Morgan fingerprint density at radius 3 is 2.22 bits per heavy atom. The molecule has 0 aromatic heterocycles. The molecule has 0 spiro atoms. The number of rotatable bonds is 4. The minimum atomic E-state index is -4.01. The minimum Gasteiger partial charge on any atom is -0.397 e. The van der Waals surface area contributed by atoms with Crippen LogP contribution in [0.4, 0.5) is 11.4 Å². The third-order valence-corrected chi connectivity index (χ3v) is 6.26. The summed E-state index contributed by atoms with van der Waals surface area (Å²) in [5.41, 5.74) is 5.94. The Kier molecular flexibility index (Phi) is 4.68. The molecule has 0 aliphatic rings. The number of nitrogen functional groups attached to an aromatic ring is 1. The van der Waals surface area contributed by atoms with Crippen LogP contribution in [-0.4, -0.2) is 28.2 Å². The summed E-state index contributed by atoms with van der Waals surface area (Å²) in [5.74, 6) is 0. The van der Waals surface area contributed by atoms with Gasteiger partial charge in [-0.3, -0.25) is 4.72 Å². The third-order valence-electron chi connectivity index (χ3n) is 1.71. The van der Waals surface area contributed by atoms with Crippen LogP contribution in [0.1, 0.15) is 0 Å². The van der Waals surface area contributed by atoms with Crippen molar-refractivity contribution >= 4 is 63.1 Å². The predicted molar refractivity (Wildman–Crippen MR) is 78.5 cm³/mol. The van der Waals surface area contributed by atoms with Crippen molar-refractivity contribution in [1.29, 1.82) is 0 Å². The van der Waals surface area contributed by atoms with Crippen LogP contribution in [0.2, 0.25) is 0 Å². The molecule has 18 heavy (non-hydrogen) atoms. The maximum absolute atomic E-state index is 11.6. The minimum absolute atomic E-state index is 0.113. The second kappa shape index (κ2) is 5.35. The lowest BCUT2D eigenvalue weighted by atomic mass is 10.3. The van der Waals surface area contributed by atoms with E-state index in [0.717, 1.165) is 6.26 Å². The second-order valence-electron chi connectivity index (χ2n) is 3.61. The number of hydrogen-bond acceptors (Lipinski definition) is 5. The predicted octanol–water partition coefficient (Wildman–Crippen LogP) is 1.54. The smallest absolute Gasteiger partial charge is 0.247 e. The van der Waals surface area contributed by atoms with Crippen LogP contribution >= 0.6 is 31.9 Å². The summed E-state index contributed by atoms with van der Waals surface area (Å²) in [6.07, 6.45) is 0.839. The Bertz CT molecular complexity index is 647. The van der Waals surface area contributed by atoms with Gasteiger partial charge in [0.15, 0.2) is 14.9 Å². The Morgan fingerprint density at radius 2 is 1.78 bits per heavy atom. The van der Waals surface area contributed by atoms with Crippen molar-refractivity contribution in [3.05, 3.63) is 21.1 Å². The maximum atomic E-state index is 11.6. The Labute approximate surface area is 122 Å². The summed E-state index contributed by atoms with van der Waals surface area (Å²) < 4.78 is 48.4. The number of halogens is 2. The zero-order valence-corrected chi connectivity index (χ0v) is 13.9. The van der Waals surface area contributed by atoms with Gasteiger partial charge in [-0.05, 0) is 28.1 Å². The Morgan fingerprint density at radius 1 is 1.22 bits per heavy atom. The molecule has 102 valence electrons. The SMILES string of the molecule is CS(=O)(=O)CS(=O)(=O)Nc1c(N)cc(Br)cc1Br. The Balaban J connectivity index is 3.13. The van der Waals surface area contributed by atoms with Gasteiger partial charge in [-0.1, -0.05) is 15.9 Å². The quantitative estimate of drug-likeness (QED) is 0.717. The first-order valence-electron chi connectivity index (χ1n) is 4.43. The summed E-state index contributed by atoms with van der Waals surface area (Å²) in [4.78, 5) is 0. The molecule has 1 rings (SSSR count). The molecule has 0 atom stereocenters. The van der Waals surface area contributed by atoms with E-state index in [0.29, 0.717) is 8.95 Å². The molecule has 0 saturated heterocycles. The van der Waals surface area contributed by atoms with E-state index in [9.17, 15) is 16.8 Å². The van der Waals surface area contributed by atoms with E-state index in [-0.39, 0.29) is 11.4 Å². The molecular formula is C8H10Br2N2O4S2. The maximum Gasteiger partial charge on any atom is 0.247 e. The van der Waals surface area contributed by atoms with Crippen molar-refractivity contribution in [3.63, 3.8) is 0 Å². The fourth-order valence-corrected chi connectivity index (χ4v) is 5.69. The molecule has 0 aliphatic carbocycles. The van der Waals surface area contributed by atoms with Crippen molar-refractivity contribution in [3.8, 4) is 0 Å². The molecule has 6 nitrogen and oxygen atoms in total. The van der Waals surface area contributed by atoms with Gasteiger partial charge < -0.3 is 5.73 Å². The molecule has 0 heterocycles. The number of benzene rings is 1. The second-order valence-corrected chi connectivity index (χ2v) is 9.61. The molecule has 10 heteroatoms. The van der Waals surface area contributed by atoms with Crippen molar-refractivity contribution in [2.24, 2.45) is 0 Å². The summed E-state index contributed by atoms with van der Waals surface area (Å²) >= 11 is 6.34. The van der Waals surface area contributed by atoms with Crippen LogP contribution in [0.3, 0.4) is 0 Å². The van der Waals surface area contributed by atoms with Crippen molar-refractivity contribution in [2.75, 3.05) is 21.8 Å². The highest BCUT2D eigenvalue weighted by Gasteiger charge is 2.20. The van der Waals surface area contributed by atoms with Crippen LogP contribution in [0.5, 0.6) is 0 Å². The first-order valence-corrected chi connectivity index (χ1v) is 9.73. The molecule has 0 fully saturated rings. The standard InChI is InChI=1S/C8H10Br2N2O4S2/c1-17(13,14)4-18(15,16)12-8-6(10)2-5(9)3-7(8)11/h2-3,12H,4,11H2,1H3. The number of nitrogens with two attached hydrogens (primary N) is 1. The van der Waals surface area contributed by atoms with Gasteiger partial charge in [0.25, 0.3) is 0 Å². The van der Waals surface area contributed by atoms with Crippen LogP contribution in [0.15, 0.2) is 21.1 Å². The van der Waals surface area contributed by atoms with E-state index in [1.165, 1.54) is 6.07 Å². The largest absolute Gasteiger partial charge is 0.397 e. The summed E-state index contributed by atoms with van der Waals surface area (Å²) in [7, 11) is -7.67. The van der Waals surface area contributed by atoms with Gasteiger partial charge in [-0.2, -0.15) is 0 Å². The number of hydrogen-bond donors (Lipinski definition) is 2. The summed E-state index contributed by atoms with van der Waals surface area (Å²) in [6.45, 7) is 0. The van der Waals surface area contributed by atoms with Gasteiger partial charge in [0.2, 0.25) is 10.0 Å². The first-order chi connectivity index (χ1) is 8.00. The third kappa shape index (κ3) is 4.75. The van der Waals surface area contributed by atoms with Gasteiger partial charge in [0.05, 0.1) is 11.4 Å². The molecule has 1 aromatic carbocycles. The number of nitrogens with one attached hydrogen (secondary N) is 1. The lowest BCUT2D eigenvalue weighted by Gasteiger charge is -2.12. The average Bonchev–Trinajstić information content (AvgIpc) is 2.07. The molecule has 0 saturated carbocycles. The molecule has 0 amide bonds. The highest BCUT2D eigenvalue weighted by molar-refractivity contribution is 9.11. The van der Waals surface area contributed by atoms with Crippen molar-refractivity contribution in [1.82, 2.24) is 0 Å². The summed E-state index contributed by atoms with van der Waals surface area (Å²) in [6, 6.07) is 3.09. The molecular weight excluding hydrogens is 412 g/mol. The molecule has 0 aliphatic heterocycles. The van der Waals surface area contributed by atoms with Crippen molar-refractivity contribution < 1.29 is 16.8 Å². The van der Waals surface area contributed by atoms with Gasteiger partial charge in [-0.25, -0.2) is 16.8 Å². The zero-order valence-electron chi connectivity index (χ0n) is 9.14. The highest BCUT2D eigenvalue weighted by Crippen LogP contribution is 2.33. The van der Waals surface area contributed by atoms with Gasteiger partial charge in [0.1, 0.15) is 0 Å². The molecule has 1 aromatic rings. The average molecular weight is 422 g/mol. The van der Waals surface area contributed by atoms with Crippen LogP contribution < -0.4 is 10.5 Å². The van der Waals surface area contributed by atoms with E-state index in [1.807, 2.05) is 0 Å². The van der Waals surface area contributed by atoms with E-state index >= 15 is 0 Å². The van der Waals surface area contributed by atoms with E-state index < -0.39 is 24.9 Å². The number of anilines is 2. The molecule has 0 unspecified atom stereocenters. The number of sulfonamides is 1. The zero-order chi connectivity index (χ0) is 14.1. The number of sulfone groups is 1. The lowest BCUT2D eigenvalue weighted by molar-refractivity contribution is 0.595. The van der Waals surface area contributed by atoms with Gasteiger partial charge in [-0.15, -0.1) is 0 Å². The normalized spacial score (nSPS) is 12.4. The Hall–Kier alpha value is -0.320. The van der Waals surface area contributed by atoms with Gasteiger partial charge >= 0.3 is 0 Å². The van der Waals surface area contributed by atoms with Crippen LogP contribution in [0.25, 0.3) is 0 Å². The monoisotopic (exact) mass is 420 g/mol. The van der Waals surface area contributed by atoms with Gasteiger partial charge in [0, 0.05) is 15.2 Å². The topological polar surface area (TPSA) is 106 Å². The van der Waals surface area contributed by atoms with Crippen molar-refractivity contribution in [2.45, 2.75) is 0 Å². The van der Waals surface area contributed by atoms with E-state index in [4.69, 9.17) is 5.73 Å². The first kappa shape index (κ1) is 15.7. The fraction of sp³-hybridized carbons (Fsp3) is 0.250. The highest BCUT2D eigenvalue weighted by atomic mass is 79.9. The van der Waals surface area contributed by atoms with Crippen LogP contribution in [0, 0.1) is 0 Å². The van der Waals surface area contributed by atoms with E-state index in [2.05, 4.69) is 36.6 Å². The van der Waals surface area contributed by atoms with E-state index in [1.54, 1.807) is 6.07 Å². The lowest BCUT2D eigenvalue weighted by Crippen LogP contribution is -2.23. The molecule has 0 radical (unpaired) electrons. The van der Waals surface area contributed by atoms with Crippen LogP contribution in [-0.2, 0) is 19.9 Å². The summed E-state index contributed by atoms with van der Waals surface area (Å²) in [5, 5.41) is -0.998. The molecule has 3 N–H and O–H groups in total. The fourth-order valence-electron chi connectivity index (χ4n) is 1.17. The molecule has 0 bridgehead atoms.